The lowest BCUT2D eigenvalue weighted by atomic mass is 10.3. The van der Waals surface area contributed by atoms with Crippen LogP contribution in [-0.4, -0.2) is 19.9 Å². The summed E-state index contributed by atoms with van der Waals surface area (Å²) in [6.07, 6.45) is 1.26. The average Bonchev–Trinajstić information content (AvgIpc) is 2.57. The summed E-state index contributed by atoms with van der Waals surface area (Å²) in [7, 11) is 0. The van der Waals surface area contributed by atoms with Crippen molar-refractivity contribution in [1.82, 2.24) is 15.0 Å². The van der Waals surface area contributed by atoms with Gasteiger partial charge in [-0.25, -0.2) is 15.0 Å². The third-order valence-corrected chi connectivity index (χ3v) is 3.97. The zero-order valence-corrected chi connectivity index (χ0v) is 15.3. The van der Waals surface area contributed by atoms with Gasteiger partial charge in [0, 0.05) is 15.0 Å². The Bertz CT molecular complexity index is 917. The van der Waals surface area contributed by atoms with Crippen molar-refractivity contribution in [3.63, 3.8) is 0 Å². The number of aromatic nitrogens is 3. The quantitative estimate of drug-likeness (QED) is 0.343. The third-order valence-electron chi connectivity index (χ3n) is 3.25. The van der Waals surface area contributed by atoms with Gasteiger partial charge in [-0.3, -0.25) is 10.1 Å². The van der Waals surface area contributed by atoms with Crippen LogP contribution < -0.4 is 10.6 Å². The molecule has 0 spiro atoms. The first-order valence-electron chi connectivity index (χ1n) is 7.25. The molecule has 2 heterocycles. The molecule has 0 fully saturated rings. The first-order chi connectivity index (χ1) is 12.0. The molecule has 0 unspecified atom stereocenters. The molecule has 2 aromatic heterocycles. The average molecular weight is 448 g/mol. The number of anilines is 4. The van der Waals surface area contributed by atoms with Gasteiger partial charge in [-0.05, 0) is 65.9 Å². The van der Waals surface area contributed by atoms with Crippen molar-refractivity contribution in [1.29, 1.82) is 0 Å². The van der Waals surface area contributed by atoms with Crippen molar-refractivity contribution < 1.29 is 4.92 Å². The summed E-state index contributed by atoms with van der Waals surface area (Å²) < 4.78 is 1.06. The van der Waals surface area contributed by atoms with Crippen LogP contribution >= 0.6 is 22.6 Å². The lowest BCUT2D eigenvalue weighted by Gasteiger charge is -2.10. The van der Waals surface area contributed by atoms with Crippen LogP contribution in [0.5, 0.6) is 0 Å². The molecular formula is C16H13IN6O2. The molecule has 8 nitrogen and oxygen atoms in total. The maximum absolute atomic E-state index is 11.6. The Balaban J connectivity index is 1.96. The van der Waals surface area contributed by atoms with Gasteiger partial charge >= 0.3 is 5.69 Å². The van der Waals surface area contributed by atoms with Crippen LogP contribution in [0.15, 0.2) is 48.8 Å². The lowest BCUT2D eigenvalue weighted by molar-refractivity contribution is -0.383. The summed E-state index contributed by atoms with van der Waals surface area (Å²) in [5.41, 5.74) is 1.24. The Labute approximate surface area is 157 Å². The van der Waals surface area contributed by atoms with Crippen LogP contribution in [0.1, 0.15) is 5.69 Å². The minimum atomic E-state index is -0.521. The molecule has 126 valence electrons. The minimum Gasteiger partial charge on any atom is -0.334 e. The number of nitrogens with zero attached hydrogens (tertiary/aromatic N) is 4. The number of pyridine rings is 1. The Morgan fingerprint density at radius 2 is 1.72 bits per heavy atom. The van der Waals surface area contributed by atoms with E-state index in [0.717, 1.165) is 9.26 Å². The van der Waals surface area contributed by atoms with Gasteiger partial charge in [-0.1, -0.05) is 6.07 Å². The molecule has 0 aliphatic heterocycles. The largest absolute Gasteiger partial charge is 0.353 e. The van der Waals surface area contributed by atoms with Gasteiger partial charge < -0.3 is 10.6 Å². The zero-order valence-electron chi connectivity index (χ0n) is 13.1. The molecule has 2 N–H and O–H groups in total. The smallest absolute Gasteiger partial charge is 0.334 e. The summed E-state index contributed by atoms with van der Waals surface area (Å²) in [6.45, 7) is 1.84. The van der Waals surface area contributed by atoms with Crippen LogP contribution in [0.25, 0.3) is 0 Å². The number of nitrogens with one attached hydrogen (secondary N) is 2. The van der Waals surface area contributed by atoms with E-state index in [4.69, 9.17) is 0 Å². The van der Waals surface area contributed by atoms with Crippen molar-refractivity contribution in [2.75, 3.05) is 10.6 Å². The Kier molecular flexibility index (Phi) is 5.03. The fraction of sp³-hybridized carbons (Fsp3) is 0.0625. The highest BCUT2D eigenvalue weighted by Crippen LogP contribution is 2.32. The second-order valence-electron chi connectivity index (χ2n) is 5.10. The second-order valence-corrected chi connectivity index (χ2v) is 6.34. The normalized spacial score (nSPS) is 10.3. The standard InChI is InChI=1S/C16H13IN6O2/c1-10-3-2-4-13(20-10)22-16-14(23(24)25)15(18-9-19-16)21-12-7-5-11(17)6-8-12/h2-9H,1H3,(H2,18,19,20,21,22). The van der Waals surface area contributed by atoms with Crippen LogP contribution in [0.4, 0.5) is 28.8 Å². The van der Waals surface area contributed by atoms with Gasteiger partial charge in [-0.15, -0.1) is 0 Å². The van der Waals surface area contributed by atoms with Crippen molar-refractivity contribution >= 4 is 51.4 Å². The summed E-state index contributed by atoms with van der Waals surface area (Å²) in [5, 5.41) is 17.4. The number of hydrogen-bond donors (Lipinski definition) is 2. The molecule has 0 atom stereocenters. The fourth-order valence-electron chi connectivity index (χ4n) is 2.14. The first-order valence-corrected chi connectivity index (χ1v) is 8.33. The molecule has 3 aromatic rings. The van der Waals surface area contributed by atoms with E-state index in [1.54, 1.807) is 6.07 Å². The van der Waals surface area contributed by atoms with Gasteiger partial charge in [0.25, 0.3) is 0 Å². The van der Waals surface area contributed by atoms with Crippen LogP contribution in [-0.2, 0) is 0 Å². The summed E-state index contributed by atoms with van der Waals surface area (Å²) in [4.78, 5) is 23.3. The third kappa shape index (κ3) is 4.18. The molecule has 0 saturated carbocycles. The van der Waals surface area contributed by atoms with Gasteiger partial charge in [0.1, 0.15) is 12.1 Å². The fourth-order valence-corrected chi connectivity index (χ4v) is 2.50. The van der Waals surface area contributed by atoms with E-state index < -0.39 is 4.92 Å². The molecule has 0 radical (unpaired) electrons. The molecule has 0 amide bonds. The van der Waals surface area contributed by atoms with Crippen molar-refractivity contribution in [3.05, 3.63) is 68.2 Å². The molecule has 0 saturated heterocycles. The monoisotopic (exact) mass is 448 g/mol. The van der Waals surface area contributed by atoms with Crippen LogP contribution in [0.2, 0.25) is 0 Å². The number of aryl methyl sites for hydroxylation is 1. The summed E-state index contributed by atoms with van der Waals surface area (Å²) >= 11 is 2.19. The molecule has 9 heteroatoms. The molecule has 0 aliphatic rings. The van der Waals surface area contributed by atoms with E-state index >= 15 is 0 Å². The number of halogens is 1. The second kappa shape index (κ2) is 7.38. The first kappa shape index (κ1) is 17.0. The zero-order chi connectivity index (χ0) is 17.8. The Morgan fingerprint density at radius 3 is 2.36 bits per heavy atom. The number of benzene rings is 1. The van der Waals surface area contributed by atoms with Crippen molar-refractivity contribution in [3.8, 4) is 0 Å². The molecule has 0 aliphatic carbocycles. The molecule has 0 bridgehead atoms. The highest BCUT2D eigenvalue weighted by molar-refractivity contribution is 14.1. The Hall–Kier alpha value is -2.82. The SMILES string of the molecule is Cc1cccc(Nc2ncnc(Nc3ccc(I)cc3)c2[N+](=O)[O-])n1. The number of nitro groups is 1. The van der Waals surface area contributed by atoms with E-state index in [-0.39, 0.29) is 17.3 Å². The van der Waals surface area contributed by atoms with Gasteiger partial charge in [0.15, 0.2) is 0 Å². The molecular weight excluding hydrogens is 435 g/mol. The molecule has 1 aromatic carbocycles. The van der Waals surface area contributed by atoms with E-state index in [0.29, 0.717) is 11.5 Å². The van der Waals surface area contributed by atoms with Gasteiger partial charge in [0.2, 0.25) is 11.6 Å². The van der Waals surface area contributed by atoms with Crippen LogP contribution in [0.3, 0.4) is 0 Å². The van der Waals surface area contributed by atoms with Crippen molar-refractivity contribution in [2.45, 2.75) is 6.92 Å². The number of hydrogen-bond acceptors (Lipinski definition) is 7. The summed E-state index contributed by atoms with van der Waals surface area (Å²) in [6, 6.07) is 12.8. The van der Waals surface area contributed by atoms with E-state index in [1.807, 2.05) is 43.3 Å². The predicted octanol–water partition coefficient (Wildman–Crippen LogP) is 4.18. The number of rotatable bonds is 5. The Morgan fingerprint density at radius 1 is 1.04 bits per heavy atom. The van der Waals surface area contributed by atoms with Gasteiger partial charge in [0.05, 0.1) is 4.92 Å². The van der Waals surface area contributed by atoms with E-state index in [2.05, 4.69) is 48.2 Å². The molecule has 25 heavy (non-hydrogen) atoms. The maximum atomic E-state index is 11.6. The maximum Gasteiger partial charge on any atom is 0.353 e. The molecule has 3 rings (SSSR count). The lowest BCUT2D eigenvalue weighted by Crippen LogP contribution is -2.06. The van der Waals surface area contributed by atoms with Crippen LogP contribution in [0, 0.1) is 20.6 Å². The van der Waals surface area contributed by atoms with Crippen molar-refractivity contribution in [2.24, 2.45) is 0 Å². The van der Waals surface area contributed by atoms with Gasteiger partial charge in [-0.2, -0.15) is 0 Å². The highest BCUT2D eigenvalue weighted by atomic mass is 127. The topological polar surface area (TPSA) is 106 Å². The van der Waals surface area contributed by atoms with E-state index in [1.165, 1.54) is 6.33 Å². The highest BCUT2D eigenvalue weighted by Gasteiger charge is 2.23. The minimum absolute atomic E-state index is 0.0751. The van der Waals surface area contributed by atoms with E-state index in [9.17, 15) is 10.1 Å². The predicted molar refractivity (Wildman–Crippen MR) is 103 cm³/mol. The summed E-state index contributed by atoms with van der Waals surface area (Å²) in [5.74, 6) is 0.657.